The van der Waals surface area contributed by atoms with Crippen molar-refractivity contribution in [1.82, 2.24) is 9.80 Å². The van der Waals surface area contributed by atoms with Crippen molar-refractivity contribution in [3.05, 3.63) is 0 Å². The number of carbonyl (C=O) groups excluding carboxylic acids is 2. The van der Waals surface area contributed by atoms with Gasteiger partial charge in [0, 0.05) is 26.1 Å². The van der Waals surface area contributed by atoms with Gasteiger partial charge in [-0.1, -0.05) is 0 Å². The highest BCUT2D eigenvalue weighted by Gasteiger charge is 2.59. The van der Waals surface area contributed by atoms with Gasteiger partial charge in [-0.05, 0) is 25.7 Å². The molecular weight excluding hydrogens is 220 g/mol. The smallest absolute Gasteiger partial charge is 0.322 e. The lowest BCUT2D eigenvalue weighted by atomic mass is 10.0. The molecule has 1 spiro atoms. The van der Waals surface area contributed by atoms with Crippen molar-refractivity contribution in [1.29, 1.82) is 0 Å². The lowest BCUT2D eigenvalue weighted by Gasteiger charge is -2.42. The summed E-state index contributed by atoms with van der Waals surface area (Å²) in [7, 11) is 3.53. The monoisotopic (exact) mass is 238 g/mol. The minimum absolute atomic E-state index is 0.00194. The average molecular weight is 238 g/mol. The molecule has 0 bridgehead atoms. The zero-order chi connectivity index (χ0) is 12.2. The van der Waals surface area contributed by atoms with Gasteiger partial charge < -0.3 is 9.64 Å². The van der Waals surface area contributed by atoms with Gasteiger partial charge in [-0.2, -0.15) is 0 Å². The van der Waals surface area contributed by atoms with Crippen LogP contribution < -0.4 is 0 Å². The molecule has 0 N–H and O–H groups in total. The van der Waals surface area contributed by atoms with E-state index in [1.54, 1.807) is 23.9 Å². The third-order valence-corrected chi connectivity index (χ3v) is 4.09. The maximum absolute atomic E-state index is 11.9. The van der Waals surface area contributed by atoms with E-state index in [0.29, 0.717) is 6.54 Å². The zero-order valence-electron chi connectivity index (χ0n) is 10.3. The lowest BCUT2D eigenvalue weighted by molar-refractivity contribution is -0.168. The molecule has 2 amide bonds. The van der Waals surface area contributed by atoms with Gasteiger partial charge in [0.2, 0.25) is 0 Å². The van der Waals surface area contributed by atoms with Gasteiger partial charge in [0.25, 0.3) is 0 Å². The molecule has 0 aromatic carbocycles. The molecule has 17 heavy (non-hydrogen) atoms. The highest BCUT2D eigenvalue weighted by atomic mass is 16.6. The largest absolute Gasteiger partial charge is 0.441 e. The summed E-state index contributed by atoms with van der Waals surface area (Å²) in [6.07, 6.45) is 3.61. The fourth-order valence-electron chi connectivity index (χ4n) is 2.69. The van der Waals surface area contributed by atoms with Gasteiger partial charge in [0.15, 0.2) is 6.23 Å². The van der Waals surface area contributed by atoms with E-state index in [1.807, 2.05) is 0 Å². The predicted octanol–water partition coefficient (Wildman–Crippen LogP) is 1.04. The van der Waals surface area contributed by atoms with Crippen LogP contribution in [0.2, 0.25) is 0 Å². The predicted molar refractivity (Wildman–Crippen MR) is 60.1 cm³/mol. The Morgan fingerprint density at radius 2 is 2.00 bits per heavy atom. The Labute approximate surface area is 101 Å². The van der Waals surface area contributed by atoms with E-state index in [9.17, 15) is 9.59 Å². The van der Waals surface area contributed by atoms with E-state index in [2.05, 4.69) is 0 Å². The molecule has 0 radical (unpaired) electrons. The summed E-state index contributed by atoms with van der Waals surface area (Å²) in [4.78, 5) is 26.9. The maximum Gasteiger partial charge on any atom is 0.322 e. The summed E-state index contributed by atoms with van der Waals surface area (Å²) in [5, 5.41) is 0. The number of nitrogens with zero attached hydrogens (tertiary/aromatic N) is 2. The first kappa shape index (κ1) is 10.9. The van der Waals surface area contributed by atoms with Crippen molar-refractivity contribution in [2.75, 3.05) is 20.6 Å². The van der Waals surface area contributed by atoms with Crippen LogP contribution in [-0.4, -0.2) is 48.7 Å². The topological polar surface area (TPSA) is 49.9 Å². The molecule has 2 aliphatic carbocycles. The fraction of sp³-hybridized carbons (Fsp3) is 0.833. The van der Waals surface area contributed by atoms with Gasteiger partial charge >= 0.3 is 12.0 Å². The normalized spacial score (nSPS) is 30.7. The molecule has 94 valence electrons. The molecule has 3 rings (SSSR count). The van der Waals surface area contributed by atoms with Gasteiger partial charge in [0.05, 0.1) is 5.92 Å². The van der Waals surface area contributed by atoms with E-state index >= 15 is 0 Å². The first-order chi connectivity index (χ1) is 8.03. The molecule has 1 heterocycles. The van der Waals surface area contributed by atoms with Gasteiger partial charge in [-0.25, -0.2) is 4.79 Å². The zero-order valence-corrected chi connectivity index (χ0v) is 10.3. The number of rotatable bonds is 2. The summed E-state index contributed by atoms with van der Waals surface area (Å²) in [6, 6.07) is -0.0591. The summed E-state index contributed by atoms with van der Waals surface area (Å²) in [6.45, 7) is 0.707. The van der Waals surface area contributed by atoms with Crippen LogP contribution in [0.15, 0.2) is 0 Å². The first-order valence-corrected chi connectivity index (χ1v) is 6.22. The molecule has 5 nitrogen and oxygen atoms in total. The van der Waals surface area contributed by atoms with Crippen LogP contribution in [0.5, 0.6) is 0 Å². The SMILES string of the molecule is CN1CC2(CC2)C(OC(=O)C2CC2)N(C)C1=O. The second kappa shape index (κ2) is 3.37. The minimum Gasteiger partial charge on any atom is -0.441 e. The van der Waals surface area contributed by atoms with Crippen molar-refractivity contribution >= 4 is 12.0 Å². The van der Waals surface area contributed by atoms with Crippen LogP contribution >= 0.6 is 0 Å². The van der Waals surface area contributed by atoms with Crippen LogP contribution in [0.3, 0.4) is 0 Å². The third-order valence-electron chi connectivity index (χ3n) is 4.09. The number of urea groups is 1. The van der Waals surface area contributed by atoms with Crippen LogP contribution in [0.25, 0.3) is 0 Å². The summed E-state index contributed by atoms with van der Waals surface area (Å²) >= 11 is 0. The first-order valence-electron chi connectivity index (χ1n) is 6.22. The standard InChI is InChI=1S/C12H18N2O3/c1-13-7-12(5-6-12)10(14(2)11(13)16)17-9(15)8-3-4-8/h8,10H,3-7H2,1-2H3. The van der Waals surface area contributed by atoms with Crippen molar-refractivity contribution in [2.24, 2.45) is 11.3 Å². The highest BCUT2D eigenvalue weighted by molar-refractivity contribution is 5.78. The Hall–Kier alpha value is -1.26. The molecule has 1 unspecified atom stereocenters. The molecule has 1 aliphatic heterocycles. The van der Waals surface area contributed by atoms with Gasteiger partial charge in [0.1, 0.15) is 0 Å². The van der Waals surface area contributed by atoms with Crippen LogP contribution in [0, 0.1) is 11.3 Å². The number of hydrogen-bond acceptors (Lipinski definition) is 3. The number of amides is 2. The molecule has 1 atom stereocenters. The Balaban J connectivity index is 1.75. The Bertz CT molecular complexity index is 374. The second-order valence-corrected chi connectivity index (χ2v) is 5.68. The average Bonchev–Trinajstić information content (AvgIpc) is 3.14. The number of ether oxygens (including phenoxy) is 1. The fourth-order valence-corrected chi connectivity index (χ4v) is 2.69. The van der Waals surface area contributed by atoms with Crippen molar-refractivity contribution in [3.8, 4) is 0 Å². The Morgan fingerprint density at radius 3 is 2.53 bits per heavy atom. The van der Waals surface area contributed by atoms with Crippen LogP contribution in [0.1, 0.15) is 25.7 Å². The molecule has 2 saturated carbocycles. The number of carbonyl (C=O) groups is 2. The Kier molecular flexibility index (Phi) is 2.15. The van der Waals surface area contributed by atoms with E-state index in [4.69, 9.17) is 4.74 Å². The quantitative estimate of drug-likeness (QED) is 0.675. The molecule has 5 heteroatoms. The highest BCUT2D eigenvalue weighted by Crippen LogP contribution is 2.53. The lowest BCUT2D eigenvalue weighted by Crippen LogP contribution is -2.58. The van der Waals surface area contributed by atoms with Crippen LogP contribution in [-0.2, 0) is 9.53 Å². The van der Waals surface area contributed by atoms with E-state index in [1.165, 1.54) is 0 Å². The third kappa shape index (κ3) is 1.68. The summed E-state index contributed by atoms with van der Waals surface area (Å²) < 4.78 is 5.56. The second-order valence-electron chi connectivity index (χ2n) is 5.68. The molecule has 3 aliphatic rings. The molecular formula is C12H18N2O3. The summed E-state index contributed by atoms with van der Waals surface area (Å²) in [5.74, 6) is -0.0283. The molecule has 1 saturated heterocycles. The van der Waals surface area contributed by atoms with E-state index in [-0.39, 0.29) is 29.6 Å². The molecule has 3 fully saturated rings. The number of esters is 1. The van der Waals surface area contributed by atoms with Crippen molar-refractivity contribution < 1.29 is 14.3 Å². The molecule has 0 aromatic heterocycles. The minimum atomic E-state index is -0.348. The van der Waals surface area contributed by atoms with Crippen LogP contribution in [0.4, 0.5) is 4.79 Å². The maximum atomic E-state index is 11.9. The Morgan fingerprint density at radius 1 is 1.35 bits per heavy atom. The van der Waals surface area contributed by atoms with Gasteiger partial charge in [-0.3, -0.25) is 9.69 Å². The summed E-state index contributed by atoms with van der Waals surface area (Å²) in [5.41, 5.74) is 0.00194. The van der Waals surface area contributed by atoms with E-state index < -0.39 is 0 Å². The van der Waals surface area contributed by atoms with Crippen molar-refractivity contribution in [2.45, 2.75) is 31.9 Å². The van der Waals surface area contributed by atoms with Crippen molar-refractivity contribution in [3.63, 3.8) is 0 Å². The van der Waals surface area contributed by atoms with Gasteiger partial charge in [-0.15, -0.1) is 0 Å². The number of hydrogen-bond donors (Lipinski definition) is 0. The molecule has 0 aromatic rings. The van der Waals surface area contributed by atoms with E-state index in [0.717, 1.165) is 25.7 Å².